The van der Waals surface area contributed by atoms with Crippen molar-refractivity contribution in [3.63, 3.8) is 0 Å². The van der Waals surface area contributed by atoms with Crippen LogP contribution in [0.25, 0.3) is 0 Å². The number of hydrogen-bond donors (Lipinski definition) is 1. The van der Waals surface area contributed by atoms with Crippen molar-refractivity contribution in [1.82, 2.24) is 5.32 Å². The quantitative estimate of drug-likeness (QED) is 0.819. The summed E-state index contributed by atoms with van der Waals surface area (Å²) in [6.45, 7) is 0.583. The van der Waals surface area contributed by atoms with E-state index >= 15 is 0 Å². The van der Waals surface area contributed by atoms with Crippen LogP contribution in [0.15, 0.2) is 24.3 Å². The molecule has 0 aliphatic heterocycles. The van der Waals surface area contributed by atoms with Crippen LogP contribution in [0.1, 0.15) is 49.3 Å². The van der Waals surface area contributed by atoms with E-state index in [-0.39, 0.29) is 12.0 Å². The first-order valence-electron chi connectivity index (χ1n) is 7.66. The lowest BCUT2D eigenvalue weighted by molar-refractivity contribution is -0.143. The zero-order valence-corrected chi connectivity index (χ0v) is 12.9. The maximum Gasteiger partial charge on any atom is 0.327 e. The summed E-state index contributed by atoms with van der Waals surface area (Å²) in [4.78, 5) is 12.1. The first-order chi connectivity index (χ1) is 10.2. The van der Waals surface area contributed by atoms with Crippen molar-refractivity contribution >= 4 is 5.97 Å². The molecule has 4 heteroatoms. The van der Waals surface area contributed by atoms with Gasteiger partial charge in [-0.2, -0.15) is 0 Å². The van der Waals surface area contributed by atoms with Crippen LogP contribution in [0.2, 0.25) is 0 Å². The third-order valence-electron chi connectivity index (χ3n) is 4.07. The number of ether oxygens (including phenoxy) is 2. The van der Waals surface area contributed by atoms with Crippen LogP contribution in [-0.4, -0.2) is 26.2 Å². The lowest BCUT2D eigenvalue weighted by Crippen LogP contribution is -2.38. The molecule has 1 saturated carbocycles. The van der Waals surface area contributed by atoms with Crippen molar-refractivity contribution in [1.29, 1.82) is 0 Å². The Morgan fingerprint density at radius 3 is 2.43 bits per heavy atom. The lowest BCUT2D eigenvalue weighted by Gasteiger charge is -2.27. The molecule has 0 heterocycles. The summed E-state index contributed by atoms with van der Waals surface area (Å²) in [5.74, 6) is -0.222. The Hall–Kier alpha value is -1.39. The number of carbonyl (C=O) groups is 1. The molecule has 0 bridgehead atoms. The fourth-order valence-corrected chi connectivity index (χ4v) is 2.90. The number of esters is 1. The minimum Gasteiger partial charge on any atom is -0.468 e. The van der Waals surface area contributed by atoms with Crippen molar-refractivity contribution in [3.8, 4) is 0 Å². The van der Waals surface area contributed by atoms with Gasteiger partial charge in [0.25, 0.3) is 0 Å². The molecule has 1 aromatic carbocycles. The summed E-state index contributed by atoms with van der Waals surface area (Å²) in [7, 11) is 3.12. The van der Waals surface area contributed by atoms with Gasteiger partial charge in [0.2, 0.25) is 0 Å². The molecule has 0 aromatic heterocycles. The Balaban J connectivity index is 2.08. The summed E-state index contributed by atoms with van der Waals surface area (Å²) >= 11 is 0. The van der Waals surface area contributed by atoms with Crippen LogP contribution >= 0.6 is 0 Å². The first kappa shape index (κ1) is 16.0. The third kappa shape index (κ3) is 4.55. The molecule has 1 aliphatic carbocycles. The molecule has 1 aliphatic rings. The van der Waals surface area contributed by atoms with E-state index in [1.165, 1.54) is 26.4 Å². The predicted octanol–water partition coefficient (Wildman–Crippen LogP) is 2.97. The van der Waals surface area contributed by atoms with E-state index in [2.05, 4.69) is 5.32 Å². The zero-order valence-electron chi connectivity index (χ0n) is 12.9. The van der Waals surface area contributed by atoms with Gasteiger partial charge in [0.15, 0.2) is 0 Å². The first-order valence-corrected chi connectivity index (χ1v) is 7.66. The molecule has 1 fully saturated rings. The maximum atomic E-state index is 12.1. The van der Waals surface area contributed by atoms with Crippen molar-refractivity contribution in [2.75, 3.05) is 14.2 Å². The molecule has 1 atom stereocenters. The van der Waals surface area contributed by atoms with Gasteiger partial charge in [0, 0.05) is 13.2 Å². The highest BCUT2D eigenvalue weighted by Gasteiger charge is 2.25. The molecule has 0 radical (unpaired) electrons. The monoisotopic (exact) mass is 291 g/mol. The van der Waals surface area contributed by atoms with Gasteiger partial charge in [-0.05, 0) is 24.0 Å². The van der Waals surface area contributed by atoms with Crippen LogP contribution in [0, 0.1) is 0 Å². The molecule has 0 amide bonds. The van der Waals surface area contributed by atoms with Gasteiger partial charge in [-0.25, -0.2) is 4.79 Å². The number of methoxy groups -OCH3 is 2. The standard InChI is InChI=1S/C17H25NO3/c1-20-12-13-8-10-14(11-9-13)16(17(19)21-2)18-15-6-4-3-5-7-15/h8-11,15-16,18H,3-7,12H2,1-2H3. The van der Waals surface area contributed by atoms with Crippen LogP contribution in [0.5, 0.6) is 0 Å². The average Bonchev–Trinajstić information content (AvgIpc) is 2.54. The normalized spacial score (nSPS) is 17.4. The fourth-order valence-electron chi connectivity index (χ4n) is 2.90. The van der Waals surface area contributed by atoms with Gasteiger partial charge in [0.1, 0.15) is 6.04 Å². The molecular formula is C17H25NO3. The van der Waals surface area contributed by atoms with E-state index in [4.69, 9.17) is 9.47 Å². The molecule has 0 saturated heterocycles. The van der Waals surface area contributed by atoms with Gasteiger partial charge in [-0.3, -0.25) is 5.32 Å². The highest BCUT2D eigenvalue weighted by Crippen LogP contribution is 2.23. The van der Waals surface area contributed by atoms with Crippen LogP contribution in [-0.2, 0) is 20.9 Å². The number of carbonyl (C=O) groups excluding carboxylic acids is 1. The van der Waals surface area contributed by atoms with Gasteiger partial charge in [-0.15, -0.1) is 0 Å². The Morgan fingerprint density at radius 1 is 1.19 bits per heavy atom. The van der Waals surface area contributed by atoms with E-state index in [0.29, 0.717) is 12.6 Å². The second kappa shape index (κ2) is 8.15. The highest BCUT2D eigenvalue weighted by atomic mass is 16.5. The van der Waals surface area contributed by atoms with Crippen LogP contribution in [0.3, 0.4) is 0 Å². The maximum absolute atomic E-state index is 12.1. The van der Waals surface area contributed by atoms with Crippen molar-refractivity contribution in [2.45, 2.75) is 50.8 Å². The topological polar surface area (TPSA) is 47.6 Å². The summed E-state index contributed by atoms with van der Waals surface area (Å²) < 4.78 is 10.1. The lowest BCUT2D eigenvalue weighted by atomic mass is 9.94. The Kier molecular flexibility index (Phi) is 6.21. The second-order valence-corrected chi connectivity index (χ2v) is 5.63. The highest BCUT2D eigenvalue weighted by molar-refractivity contribution is 5.77. The van der Waals surface area contributed by atoms with Crippen molar-refractivity contribution < 1.29 is 14.3 Å². The number of hydrogen-bond acceptors (Lipinski definition) is 4. The largest absolute Gasteiger partial charge is 0.468 e. The molecule has 4 nitrogen and oxygen atoms in total. The summed E-state index contributed by atoms with van der Waals surface area (Å²) in [5, 5.41) is 3.47. The average molecular weight is 291 g/mol. The van der Waals surface area contributed by atoms with Crippen LogP contribution in [0.4, 0.5) is 0 Å². The predicted molar refractivity (Wildman–Crippen MR) is 81.9 cm³/mol. The minimum absolute atomic E-state index is 0.222. The molecular weight excluding hydrogens is 266 g/mol. The van der Waals surface area contributed by atoms with Crippen molar-refractivity contribution in [2.24, 2.45) is 0 Å². The van der Waals surface area contributed by atoms with Gasteiger partial charge in [0.05, 0.1) is 13.7 Å². The minimum atomic E-state index is -0.380. The van der Waals surface area contributed by atoms with E-state index in [1.807, 2.05) is 24.3 Å². The Morgan fingerprint density at radius 2 is 1.86 bits per heavy atom. The zero-order chi connectivity index (χ0) is 15.1. The Labute approximate surface area is 126 Å². The van der Waals surface area contributed by atoms with E-state index in [1.54, 1.807) is 7.11 Å². The number of rotatable bonds is 6. The van der Waals surface area contributed by atoms with E-state index in [0.717, 1.165) is 24.0 Å². The summed E-state index contributed by atoms with van der Waals surface area (Å²) in [6, 6.07) is 7.97. The van der Waals surface area contributed by atoms with Gasteiger partial charge in [-0.1, -0.05) is 43.5 Å². The van der Waals surface area contributed by atoms with Crippen molar-refractivity contribution in [3.05, 3.63) is 35.4 Å². The molecule has 116 valence electrons. The van der Waals surface area contributed by atoms with E-state index < -0.39 is 0 Å². The van der Waals surface area contributed by atoms with E-state index in [9.17, 15) is 4.79 Å². The molecule has 2 rings (SSSR count). The number of nitrogens with one attached hydrogen (secondary N) is 1. The molecule has 0 spiro atoms. The fraction of sp³-hybridized carbons (Fsp3) is 0.588. The van der Waals surface area contributed by atoms with Crippen LogP contribution < -0.4 is 5.32 Å². The summed E-state index contributed by atoms with van der Waals surface area (Å²) in [6.07, 6.45) is 6.04. The molecule has 1 aromatic rings. The molecule has 1 N–H and O–H groups in total. The van der Waals surface area contributed by atoms with Gasteiger partial charge < -0.3 is 9.47 Å². The smallest absolute Gasteiger partial charge is 0.327 e. The summed E-state index contributed by atoms with van der Waals surface area (Å²) in [5.41, 5.74) is 2.05. The molecule has 1 unspecified atom stereocenters. The Bertz CT molecular complexity index is 438. The molecule has 21 heavy (non-hydrogen) atoms. The number of benzene rings is 1. The third-order valence-corrected chi connectivity index (χ3v) is 4.07. The SMILES string of the molecule is COCc1ccc(C(NC2CCCCC2)C(=O)OC)cc1. The van der Waals surface area contributed by atoms with Gasteiger partial charge >= 0.3 is 5.97 Å². The second-order valence-electron chi connectivity index (χ2n) is 5.63.